The van der Waals surface area contributed by atoms with E-state index in [0.29, 0.717) is 0 Å². The predicted octanol–water partition coefficient (Wildman–Crippen LogP) is 8.28. The molecule has 0 aliphatic rings. The highest BCUT2D eigenvalue weighted by atomic mass is 79.9. The number of hydrogen-bond acceptors (Lipinski definition) is 1. The van der Waals surface area contributed by atoms with E-state index in [2.05, 4.69) is 94.8 Å². The molecule has 0 fully saturated rings. The van der Waals surface area contributed by atoms with Crippen LogP contribution in [0.1, 0.15) is 0 Å². The third kappa shape index (κ3) is 1.83. The van der Waals surface area contributed by atoms with E-state index in [-0.39, 0.29) is 0 Å². The molecule has 0 saturated carbocycles. The number of thiophene rings is 1. The maximum atomic E-state index is 3.78. The highest BCUT2D eigenvalue weighted by molar-refractivity contribution is 9.10. The topological polar surface area (TPSA) is 0 Å². The Kier molecular flexibility index (Phi) is 3.00. The average molecular weight is 413 g/mol. The smallest absolute Gasteiger partial charge is 0.0440 e. The van der Waals surface area contributed by atoms with Gasteiger partial charge in [0.15, 0.2) is 0 Å². The van der Waals surface area contributed by atoms with E-state index in [9.17, 15) is 0 Å². The summed E-state index contributed by atoms with van der Waals surface area (Å²) in [7, 11) is 0. The minimum absolute atomic E-state index is 1.17. The lowest BCUT2D eigenvalue weighted by molar-refractivity contribution is 1.78. The normalized spacial score (nSPS) is 12.0. The molecule has 0 radical (unpaired) electrons. The first-order chi connectivity index (χ1) is 12.8. The molecular formula is C24H13BrS. The molecule has 26 heavy (non-hydrogen) atoms. The van der Waals surface area contributed by atoms with Gasteiger partial charge in [0.05, 0.1) is 0 Å². The number of halogens is 1. The highest BCUT2D eigenvalue weighted by Crippen LogP contribution is 2.47. The second-order valence-corrected chi connectivity index (χ2v) is 8.58. The standard InChI is InChI=1S/C24H13BrS/c25-20-13-21-22(18-11-5-3-9-16(18)20)23-17-10-4-1-7-14(17)15-8-2-6-12-19(15)24(23)26-21/h1-13H. The summed E-state index contributed by atoms with van der Waals surface area (Å²) in [5, 5.41) is 10.7. The van der Waals surface area contributed by atoms with Crippen LogP contribution in [0.15, 0.2) is 83.3 Å². The molecule has 0 spiro atoms. The van der Waals surface area contributed by atoms with E-state index in [4.69, 9.17) is 0 Å². The Morgan fingerprint density at radius 1 is 0.538 bits per heavy atom. The van der Waals surface area contributed by atoms with Crippen LogP contribution in [0.4, 0.5) is 0 Å². The lowest BCUT2D eigenvalue weighted by Crippen LogP contribution is -1.81. The molecule has 0 unspecified atom stereocenters. The molecule has 1 aromatic heterocycles. The minimum atomic E-state index is 1.17. The van der Waals surface area contributed by atoms with Crippen molar-refractivity contribution in [3.63, 3.8) is 0 Å². The Bertz CT molecular complexity index is 1490. The Labute approximate surface area is 162 Å². The quantitative estimate of drug-likeness (QED) is 0.220. The monoisotopic (exact) mass is 412 g/mol. The van der Waals surface area contributed by atoms with Gasteiger partial charge >= 0.3 is 0 Å². The first-order valence-electron chi connectivity index (χ1n) is 8.66. The lowest BCUT2D eigenvalue weighted by Gasteiger charge is -2.08. The van der Waals surface area contributed by atoms with Gasteiger partial charge in [-0.15, -0.1) is 11.3 Å². The van der Waals surface area contributed by atoms with E-state index in [1.807, 2.05) is 11.3 Å². The van der Waals surface area contributed by atoms with Crippen molar-refractivity contribution in [3.8, 4) is 0 Å². The van der Waals surface area contributed by atoms with Crippen molar-refractivity contribution in [3.05, 3.63) is 83.3 Å². The van der Waals surface area contributed by atoms with Gasteiger partial charge in [0.1, 0.15) is 0 Å². The van der Waals surface area contributed by atoms with Gasteiger partial charge in [-0.1, -0.05) is 88.7 Å². The summed E-state index contributed by atoms with van der Waals surface area (Å²) in [5.74, 6) is 0. The zero-order chi connectivity index (χ0) is 17.3. The van der Waals surface area contributed by atoms with E-state index in [1.54, 1.807) is 0 Å². The average Bonchev–Trinajstić information content (AvgIpc) is 3.08. The first-order valence-corrected chi connectivity index (χ1v) is 10.3. The summed E-state index contributed by atoms with van der Waals surface area (Å²) in [4.78, 5) is 0. The summed E-state index contributed by atoms with van der Waals surface area (Å²) in [6, 6.07) is 28.6. The summed E-state index contributed by atoms with van der Waals surface area (Å²) >= 11 is 5.69. The van der Waals surface area contributed by atoms with Crippen LogP contribution in [0, 0.1) is 0 Å². The summed E-state index contributed by atoms with van der Waals surface area (Å²) in [5.41, 5.74) is 0. The Hall–Kier alpha value is -2.42. The number of fused-ring (bicyclic) bond motifs is 10. The van der Waals surface area contributed by atoms with Crippen molar-refractivity contribution in [2.24, 2.45) is 0 Å². The van der Waals surface area contributed by atoms with Crippen LogP contribution in [0.2, 0.25) is 0 Å². The molecule has 0 bridgehead atoms. The van der Waals surface area contributed by atoms with Crippen LogP contribution < -0.4 is 0 Å². The van der Waals surface area contributed by atoms with Crippen LogP contribution in [0.3, 0.4) is 0 Å². The van der Waals surface area contributed by atoms with E-state index in [1.165, 1.54) is 57.0 Å². The van der Waals surface area contributed by atoms with Gasteiger partial charge in [-0.05, 0) is 33.0 Å². The minimum Gasteiger partial charge on any atom is -0.134 e. The van der Waals surface area contributed by atoms with Crippen molar-refractivity contribution >= 4 is 79.8 Å². The number of rotatable bonds is 0. The summed E-state index contributed by atoms with van der Waals surface area (Å²) in [6.07, 6.45) is 0. The summed E-state index contributed by atoms with van der Waals surface area (Å²) in [6.45, 7) is 0. The molecule has 5 aromatic carbocycles. The molecule has 0 amide bonds. The molecule has 0 aliphatic heterocycles. The third-order valence-corrected chi connectivity index (χ3v) is 7.13. The largest absolute Gasteiger partial charge is 0.134 e. The lowest BCUT2D eigenvalue weighted by atomic mass is 9.95. The molecular weight excluding hydrogens is 400 g/mol. The SMILES string of the molecule is Brc1cc2sc3c4ccccc4c4ccccc4c3c2c2ccccc12. The fourth-order valence-corrected chi connectivity index (χ4v) is 6.26. The zero-order valence-corrected chi connectivity index (χ0v) is 16.2. The molecule has 0 N–H and O–H groups in total. The van der Waals surface area contributed by atoms with Gasteiger partial charge < -0.3 is 0 Å². The van der Waals surface area contributed by atoms with Crippen molar-refractivity contribution < 1.29 is 0 Å². The molecule has 6 rings (SSSR count). The van der Waals surface area contributed by atoms with Crippen molar-refractivity contribution in [1.82, 2.24) is 0 Å². The molecule has 0 nitrogen and oxygen atoms in total. The van der Waals surface area contributed by atoms with Crippen LogP contribution >= 0.6 is 27.3 Å². The van der Waals surface area contributed by atoms with E-state index in [0.717, 1.165) is 0 Å². The molecule has 0 saturated heterocycles. The molecule has 0 aliphatic carbocycles. The van der Waals surface area contributed by atoms with Gasteiger partial charge in [-0.2, -0.15) is 0 Å². The van der Waals surface area contributed by atoms with Gasteiger partial charge in [0.2, 0.25) is 0 Å². The summed E-state index contributed by atoms with van der Waals surface area (Å²) < 4.78 is 3.89. The fourth-order valence-electron chi connectivity index (χ4n) is 4.22. The van der Waals surface area contributed by atoms with Crippen LogP contribution in [-0.2, 0) is 0 Å². The van der Waals surface area contributed by atoms with Crippen molar-refractivity contribution in [2.75, 3.05) is 0 Å². The molecule has 1 heterocycles. The molecule has 122 valence electrons. The molecule has 0 atom stereocenters. The third-order valence-electron chi connectivity index (χ3n) is 5.31. The number of hydrogen-bond donors (Lipinski definition) is 0. The second kappa shape index (κ2) is 5.29. The highest BCUT2D eigenvalue weighted by Gasteiger charge is 2.16. The maximum Gasteiger partial charge on any atom is 0.0440 e. The molecule has 2 heteroatoms. The maximum absolute atomic E-state index is 3.78. The van der Waals surface area contributed by atoms with Gasteiger partial charge in [-0.25, -0.2) is 0 Å². The van der Waals surface area contributed by atoms with Gasteiger partial charge in [-0.3, -0.25) is 0 Å². The van der Waals surface area contributed by atoms with Crippen molar-refractivity contribution in [1.29, 1.82) is 0 Å². The van der Waals surface area contributed by atoms with Crippen LogP contribution in [0.25, 0.3) is 52.5 Å². The Balaban J connectivity index is 2.05. The Morgan fingerprint density at radius 3 is 1.73 bits per heavy atom. The van der Waals surface area contributed by atoms with Gasteiger partial charge in [0, 0.05) is 30.0 Å². The van der Waals surface area contributed by atoms with Crippen molar-refractivity contribution in [2.45, 2.75) is 0 Å². The zero-order valence-electron chi connectivity index (χ0n) is 13.8. The molecule has 6 aromatic rings. The van der Waals surface area contributed by atoms with Crippen LogP contribution in [0.5, 0.6) is 0 Å². The predicted molar refractivity (Wildman–Crippen MR) is 120 cm³/mol. The first kappa shape index (κ1) is 14.7. The second-order valence-electron chi connectivity index (χ2n) is 6.67. The van der Waals surface area contributed by atoms with Crippen LogP contribution in [-0.4, -0.2) is 0 Å². The van der Waals surface area contributed by atoms with E-state index < -0.39 is 0 Å². The Morgan fingerprint density at radius 2 is 1.04 bits per heavy atom. The van der Waals surface area contributed by atoms with Gasteiger partial charge in [0.25, 0.3) is 0 Å². The number of benzene rings is 5. The van der Waals surface area contributed by atoms with E-state index >= 15 is 0 Å². The fraction of sp³-hybridized carbons (Fsp3) is 0.